The zero-order valence-corrected chi connectivity index (χ0v) is 8.29. The third-order valence-electron chi connectivity index (χ3n) is 1.16. The molecule has 0 unspecified atom stereocenters. The second kappa shape index (κ2) is 5.86. The van der Waals surface area contributed by atoms with Crippen molar-refractivity contribution < 1.29 is 8.42 Å². The molecule has 0 aromatic carbocycles. The van der Waals surface area contributed by atoms with Gasteiger partial charge in [-0.05, 0) is 25.7 Å². The van der Waals surface area contributed by atoms with E-state index in [1.165, 1.54) is 25.7 Å². The van der Waals surface area contributed by atoms with E-state index < -0.39 is 8.26 Å². The van der Waals surface area contributed by atoms with Crippen molar-refractivity contribution in [1.29, 1.82) is 0 Å². The summed E-state index contributed by atoms with van der Waals surface area (Å²) in [6.07, 6.45) is 10.0. The van der Waals surface area contributed by atoms with Crippen LogP contribution in [0.3, 0.4) is 0 Å². The van der Waals surface area contributed by atoms with Crippen LogP contribution in [0.1, 0.15) is 25.7 Å². The SMILES string of the molecule is C1=CCCCC1.O=S(=O)(Cl)Cl. The van der Waals surface area contributed by atoms with Gasteiger partial charge in [-0.3, -0.25) is 0 Å². The van der Waals surface area contributed by atoms with Crippen molar-refractivity contribution in [1.82, 2.24) is 0 Å². The average molecular weight is 217 g/mol. The van der Waals surface area contributed by atoms with E-state index in [0.29, 0.717) is 0 Å². The molecule has 0 aliphatic heterocycles. The highest BCUT2D eigenvalue weighted by Crippen LogP contribution is 2.07. The lowest BCUT2D eigenvalue weighted by Crippen LogP contribution is -1.77. The number of hydrogen-bond acceptors (Lipinski definition) is 2. The summed E-state index contributed by atoms with van der Waals surface area (Å²) in [6, 6.07) is 0. The Morgan fingerprint density at radius 1 is 1.00 bits per heavy atom. The molecule has 0 aromatic rings. The Hall–Kier alpha value is 0.270. The van der Waals surface area contributed by atoms with Gasteiger partial charge in [0.25, 0.3) is 0 Å². The molecule has 0 radical (unpaired) electrons. The quantitative estimate of drug-likeness (QED) is 0.461. The van der Waals surface area contributed by atoms with E-state index in [2.05, 4.69) is 33.5 Å². The summed E-state index contributed by atoms with van der Waals surface area (Å²) in [5, 5.41) is 0. The molecule has 0 heterocycles. The second-order valence-corrected chi connectivity index (χ2v) is 5.80. The first-order chi connectivity index (χ1) is 5.00. The number of hydrogen-bond donors (Lipinski definition) is 0. The second-order valence-electron chi connectivity index (χ2n) is 2.13. The standard InChI is InChI=1S/C6H10.Cl2O2S/c1-2-4-6-5-3-1;1-5(2,3)4/h1-2H,3-6H2;. The largest absolute Gasteiger partial charge is 0.317 e. The van der Waals surface area contributed by atoms with Crippen LogP contribution in [0.4, 0.5) is 0 Å². The van der Waals surface area contributed by atoms with Crippen LogP contribution in [0.2, 0.25) is 0 Å². The molecule has 0 amide bonds. The summed E-state index contributed by atoms with van der Waals surface area (Å²) >= 11 is 0. The van der Waals surface area contributed by atoms with Crippen LogP contribution in [-0.4, -0.2) is 8.42 Å². The molecular formula is C6H10Cl2O2S. The fourth-order valence-electron chi connectivity index (χ4n) is 0.760. The summed E-state index contributed by atoms with van der Waals surface area (Å²) in [7, 11) is 4.81. The molecule has 66 valence electrons. The Balaban J connectivity index is 0.000000187. The monoisotopic (exact) mass is 216 g/mol. The van der Waals surface area contributed by atoms with E-state index >= 15 is 0 Å². The molecule has 1 rings (SSSR count). The lowest BCUT2D eigenvalue weighted by atomic mass is 10.1. The maximum absolute atomic E-state index is 9.16. The van der Waals surface area contributed by atoms with Gasteiger partial charge < -0.3 is 0 Å². The van der Waals surface area contributed by atoms with E-state index in [1.807, 2.05) is 0 Å². The minimum Gasteiger partial charge on any atom is -0.195 e. The normalized spacial score (nSPS) is 16.9. The third kappa shape index (κ3) is 17.9. The number of rotatable bonds is 0. The van der Waals surface area contributed by atoms with Gasteiger partial charge in [0.05, 0.1) is 0 Å². The van der Waals surface area contributed by atoms with E-state index in [4.69, 9.17) is 8.42 Å². The molecule has 0 spiro atoms. The zero-order valence-electron chi connectivity index (χ0n) is 5.96. The predicted molar refractivity (Wildman–Crippen MR) is 48.2 cm³/mol. The molecule has 1 aliphatic rings. The molecule has 0 N–H and O–H groups in total. The minimum absolute atomic E-state index is 1.32. The first-order valence-electron chi connectivity index (χ1n) is 3.29. The van der Waals surface area contributed by atoms with Crippen molar-refractivity contribution in [2.75, 3.05) is 0 Å². The van der Waals surface area contributed by atoms with Gasteiger partial charge in [-0.1, -0.05) is 12.2 Å². The Morgan fingerprint density at radius 3 is 1.36 bits per heavy atom. The van der Waals surface area contributed by atoms with Crippen LogP contribution >= 0.6 is 21.4 Å². The Morgan fingerprint density at radius 2 is 1.27 bits per heavy atom. The Kier molecular flexibility index (Phi) is 6.01. The lowest BCUT2D eigenvalue weighted by molar-refractivity contribution is 0.621. The minimum atomic E-state index is -3.72. The van der Waals surface area contributed by atoms with Crippen molar-refractivity contribution in [2.24, 2.45) is 0 Å². The van der Waals surface area contributed by atoms with Crippen molar-refractivity contribution >= 4 is 29.6 Å². The van der Waals surface area contributed by atoms with Gasteiger partial charge in [0.15, 0.2) is 0 Å². The fraction of sp³-hybridized carbons (Fsp3) is 0.667. The molecule has 0 atom stereocenters. The van der Waals surface area contributed by atoms with Gasteiger partial charge in [-0.25, -0.2) is 0 Å². The van der Waals surface area contributed by atoms with E-state index in [0.717, 1.165) is 0 Å². The number of allylic oxidation sites excluding steroid dienone is 2. The van der Waals surface area contributed by atoms with Crippen LogP contribution in [0.25, 0.3) is 0 Å². The number of halogens is 2. The summed E-state index contributed by atoms with van der Waals surface area (Å²) in [4.78, 5) is 0. The molecule has 11 heavy (non-hydrogen) atoms. The first kappa shape index (κ1) is 11.3. The highest BCUT2D eigenvalue weighted by atomic mass is 36.0. The van der Waals surface area contributed by atoms with E-state index in [1.54, 1.807) is 0 Å². The fourth-order valence-corrected chi connectivity index (χ4v) is 0.760. The maximum atomic E-state index is 9.16. The molecule has 1 aliphatic carbocycles. The van der Waals surface area contributed by atoms with Crippen molar-refractivity contribution in [2.45, 2.75) is 25.7 Å². The molecule has 0 fully saturated rings. The van der Waals surface area contributed by atoms with Gasteiger partial charge in [0.1, 0.15) is 0 Å². The highest BCUT2D eigenvalue weighted by molar-refractivity contribution is 8.31. The van der Waals surface area contributed by atoms with E-state index in [9.17, 15) is 0 Å². The molecular weight excluding hydrogens is 207 g/mol. The third-order valence-corrected chi connectivity index (χ3v) is 1.16. The molecule has 0 aromatic heterocycles. The van der Waals surface area contributed by atoms with Crippen LogP contribution in [-0.2, 0) is 8.26 Å². The topological polar surface area (TPSA) is 34.1 Å². The van der Waals surface area contributed by atoms with Crippen molar-refractivity contribution in [3.05, 3.63) is 12.2 Å². The van der Waals surface area contributed by atoms with Crippen LogP contribution < -0.4 is 0 Å². The Bertz CT molecular complexity index is 193. The first-order valence-corrected chi connectivity index (χ1v) is 6.43. The van der Waals surface area contributed by atoms with Crippen LogP contribution in [0.5, 0.6) is 0 Å². The summed E-state index contributed by atoms with van der Waals surface area (Å²) in [5.41, 5.74) is 0. The molecule has 0 bridgehead atoms. The molecule has 5 heteroatoms. The van der Waals surface area contributed by atoms with Crippen LogP contribution in [0.15, 0.2) is 12.2 Å². The predicted octanol–water partition coefficient (Wildman–Crippen LogP) is 2.83. The van der Waals surface area contributed by atoms with Crippen LogP contribution in [0, 0.1) is 0 Å². The summed E-state index contributed by atoms with van der Waals surface area (Å²) in [5.74, 6) is 0. The molecule has 0 saturated carbocycles. The average Bonchev–Trinajstić information content (AvgIpc) is 1.88. The highest BCUT2D eigenvalue weighted by Gasteiger charge is 1.88. The summed E-state index contributed by atoms with van der Waals surface area (Å²) in [6.45, 7) is 0. The Labute approximate surface area is 76.1 Å². The lowest BCUT2D eigenvalue weighted by Gasteiger charge is -1.97. The maximum Gasteiger partial charge on any atom is 0.317 e. The van der Waals surface area contributed by atoms with Gasteiger partial charge in [-0.2, -0.15) is 8.42 Å². The van der Waals surface area contributed by atoms with Gasteiger partial charge in [0, 0.05) is 21.4 Å². The van der Waals surface area contributed by atoms with Gasteiger partial charge in [-0.15, -0.1) is 0 Å². The van der Waals surface area contributed by atoms with Crippen molar-refractivity contribution in [3.63, 3.8) is 0 Å². The smallest absolute Gasteiger partial charge is 0.195 e. The molecule has 0 saturated heterocycles. The van der Waals surface area contributed by atoms with Gasteiger partial charge in [0.2, 0.25) is 0 Å². The van der Waals surface area contributed by atoms with Gasteiger partial charge >= 0.3 is 8.26 Å². The van der Waals surface area contributed by atoms with Crippen molar-refractivity contribution in [3.8, 4) is 0 Å². The summed E-state index contributed by atoms with van der Waals surface area (Å²) < 4.78 is 18.3. The molecule has 2 nitrogen and oxygen atoms in total. The zero-order chi connectivity index (χ0) is 8.74. The van der Waals surface area contributed by atoms with E-state index in [-0.39, 0.29) is 0 Å².